The fourth-order valence-electron chi connectivity index (χ4n) is 1.61. The van der Waals surface area contributed by atoms with Gasteiger partial charge in [-0.15, -0.1) is 0 Å². The summed E-state index contributed by atoms with van der Waals surface area (Å²) in [5.74, 6) is 0.175. The maximum Gasteiger partial charge on any atom is 0.323 e. The number of hydrogen-bond donors (Lipinski definition) is 1. The van der Waals surface area contributed by atoms with E-state index in [0.717, 1.165) is 19.3 Å². The van der Waals surface area contributed by atoms with E-state index in [0.29, 0.717) is 12.0 Å². The van der Waals surface area contributed by atoms with Crippen molar-refractivity contribution in [2.75, 3.05) is 7.11 Å². The summed E-state index contributed by atoms with van der Waals surface area (Å²) < 4.78 is 4.82. The van der Waals surface area contributed by atoms with E-state index in [1.807, 2.05) is 0 Å². The van der Waals surface area contributed by atoms with Crippen LogP contribution in [0.3, 0.4) is 0 Å². The highest BCUT2D eigenvalue weighted by molar-refractivity contribution is 5.76. The minimum absolute atomic E-state index is 0.142. The van der Waals surface area contributed by atoms with Crippen LogP contribution in [0.5, 0.6) is 0 Å². The highest BCUT2D eigenvalue weighted by Crippen LogP contribution is 2.11. The third-order valence-electron chi connectivity index (χ3n) is 3.07. The number of rotatable bonds is 7. The largest absolute Gasteiger partial charge is 0.468 e. The third-order valence-corrected chi connectivity index (χ3v) is 3.07. The molecule has 0 saturated heterocycles. The van der Waals surface area contributed by atoms with Crippen molar-refractivity contribution in [3.63, 3.8) is 0 Å². The van der Waals surface area contributed by atoms with Gasteiger partial charge in [-0.05, 0) is 18.8 Å². The number of methoxy groups -OCH3 is 1. The van der Waals surface area contributed by atoms with Crippen LogP contribution in [0.4, 0.5) is 0 Å². The third kappa shape index (κ3) is 4.65. The molecule has 0 aromatic heterocycles. The van der Waals surface area contributed by atoms with E-state index in [9.17, 15) is 4.79 Å². The first-order chi connectivity index (χ1) is 7.10. The van der Waals surface area contributed by atoms with Crippen LogP contribution < -0.4 is 5.32 Å². The fourth-order valence-corrected chi connectivity index (χ4v) is 1.61. The second-order valence-corrected chi connectivity index (χ2v) is 4.07. The van der Waals surface area contributed by atoms with E-state index in [1.54, 1.807) is 0 Å². The highest BCUT2D eigenvalue weighted by atomic mass is 16.5. The van der Waals surface area contributed by atoms with Gasteiger partial charge in [-0.3, -0.25) is 4.79 Å². The summed E-state index contributed by atoms with van der Waals surface area (Å²) in [4.78, 5) is 11.6. The van der Waals surface area contributed by atoms with E-state index in [-0.39, 0.29) is 12.0 Å². The summed E-state index contributed by atoms with van der Waals surface area (Å²) in [5.41, 5.74) is 0. The Morgan fingerprint density at radius 3 is 2.07 bits per heavy atom. The second kappa shape index (κ2) is 7.69. The lowest BCUT2D eigenvalue weighted by atomic mass is 9.97. The predicted molar refractivity (Wildman–Crippen MR) is 62.8 cm³/mol. The van der Waals surface area contributed by atoms with E-state index in [4.69, 9.17) is 4.74 Å². The van der Waals surface area contributed by atoms with Gasteiger partial charge in [-0.1, -0.05) is 34.1 Å². The van der Waals surface area contributed by atoms with Crippen molar-refractivity contribution in [1.82, 2.24) is 5.32 Å². The van der Waals surface area contributed by atoms with Crippen LogP contribution in [0.1, 0.15) is 47.0 Å². The van der Waals surface area contributed by atoms with Gasteiger partial charge in [0.2, 0.25) is 0 Å². The Kier molecular flexibility index (Phi) is 7.39. The smallest absolute Gasteiger partial charge is 0.323 e. The first kappa shape index (κ1) is 14.4. The van der Waals surface area contributed by atoms with Crippen molar-refractivity contribution < 1.29 is 9.53 Å². The first-order valence-corrected chi connectivity index (χ1v) is 5.94. The number of hydrogen-bond acceptors (Lipinski definition) is 3. The lowest BCUT2D eigenvalue weighted by molar-refractivity contribution is -0.144. The Morgan fingerprint density at radius 1 is 1.20 bits per heavy atom. The molecule has 2 unspecified atom stereocenters. The molecule has 0 heterocycles. The Morgan fingerprint density at radius 2 is 1.73 bits per heavy atom. The molecule has 0 aromatic rings. The van der Waals surface area contributed by atoms with E-state index >= 15 is 0 Å². The average molecular weight is 215 g/mol. The maximum atomic E-state index is 11.6. The van der Waals surface area contributed by atoms with Crippen molar-refractivity contribution in [2.45, 2.75) is 59.0 Å². The van der Waals surface area contributed by atoms with Crippen molar-refractivity contribution in [2.24, 2.45) is 5.92 Å². The van der Waals surface area contributed by atoms with E-state index in [2.05, 4.69) is 33.0 Å². The molecule has 0 aromatic carbocycles. The zero-order valence-corrected chi connectivity index (χ0v) is 10.7. The molecule has 0 aliphatic carbocycles. The van der Waals surface area contributed by atoms with Crippen LogP contribution in [0.2, 0.25) is 0 Å². The number of carbonyl (C=O) groups is 1. The molecular formula is C12H25NO2. The van der Waals surface area contributed by atoms with Crippen LogP contribution >= 0.6 is 0 Å². The average Bonchev–Trinajstić information content (AvgIpc) is 2.29. The van der Waals surface area contributed by atoms with Crippen LogP contribution in [-0.2, 0) is 9.53 Å². The van der Waals surface area contributed by atoms with Gasteiger partial charge in [0.1, 0.15) is 6.04 Å². The molecule has 1 N–H and O–H groups in total. The van der Waals surface area contributed by atoms with Gasteiger partial charge in [0, 0.05) is 6.04 Å². The molecule has 0 radical (unpaired) electrons. The van der Waals surface area contributed by atoms with E-state index in [1.165, 1.54) is 7.11 Å². The Bertz CT molecular complexity index is 178. The Labute approximate surface area is 93.6 Å². The quantitative estimate of drug-likeness (QED) is 0.662. The van der Waals surface area contributed by atoms with Gasteiger partial charge in [0.05, 0.1) is 7.11 Å². The zero-order valence-electron chi connectivity index (χ0n) is 10.7. The number of esters is 1. The van der Waals surface area contributed by atoms with Gasteiger partial charge in [-0.25, -0.2) is 0 Å². The van der Waals surface area contributed by atoms with Crippen molar-refractivity contribution in [3.8, 4) is 0 Å². The van der Waals surface area contributed by atoms with Crippen LogP contribution in [0.25, 0.3) is 0 Å². The number of nitrogens with one attached hydrogen (secondary N) is 1. The molecule has 0 fully saturated rings. The summed E-state index contributed by atoms with van der Waals surface area (Å²) in [7, 11) is 1.45. The molecule has 0 spiro atoms. The van der Waals surface area contributed by atoms with Gasteiger partial charge >= 0.3 is 5.97 Å². The first-order valence-electron chi connectivity index (χ1n) is 5.94. The van der Waals surface area contributed by atoms with Crippen molar-refractivity contribution in [3.05, 3.63) is 0 Å². The predicted octanol–water partition coefficient (Wildman–Crippen LogP) is 2.35. The molecule has 0 saturated carbocycles. The fraction of sp³-hybridized carbons (Fsp3) is 0.917. The summed E-state index contributed by atoms with van der Waals surface area (Å²) >= 11 is 0. The van der Waals surface area contributed by atoms with Crippen molar-refractivity contribution >= 4 is 5.97 Å². The molecule has 90 valence electrons. The molecule has 15 heavy (non-hydrogen) atoms. The minimum atomic E-state index is -0.162. The molecule has 3 heteroatoms. The van der Waals surface area contributed by atoms with Crippen LogP contribution in [0, 0.1) is 5.92 Å². The maximum absolute atomic E-state index is 11.6. The normalized spacial score (nSPS) is 15.1. The Balaban J connectivity index is 4.42. The molecule has 0 bridgehead atoms. The molecule has 0 aliphatic rings. The topological polar surface area (TPSA) is 38.3 Å². The molecule has 0 aliphatic heterocycles. The lowest BCUT2D eigenvalue weighted by Gasteiger charge is -2.26. The number of ether oxygens (including phenoxy) is 1. The minimum Gasteiger partial charge on any atom is -0.468 e. The monoisotopic (exact) mass is 215 g/mol. The number of carbonyl (C=O) groups excluding carboxylic acids is 1. The van der Waals surface area contributed by atoms with Crippen LogP contribution in [0.15, 0.2) is 0 Å². The standard InChI is InChI=1S/C12H25NO2/c1-6-9(4)11(12(14)15-5)13-10(7-2)8-3/h9-11,13H,6-8H2,1-5H3. The van der Waals surface area contributed by atoms with Gasteiger partial charge in [-0.2, -0.15) is 0 Å². The lowest BCUT2D eigenvalue weighted by Crippen LogP contribution is -2.47. The van der Waals surface area contributed by atoms with Crippen LogP contribution in [-0.4, -0.2) is 25.2 Å². The highest BCUT2D eigenvalue weighted by Gasteiger charge is 2.26. The van der Waals surface area contributed by atoms with Gasteiger partial charge < -0.3 is 10.1 Å². The summed E-state index contributed by atoms with van der Waals surface area (Å²) in [6.07, 6.45) is 3.06. The molecule has 2 atom stereocenters. The van der Waals surface area contributed by atoms with Gasteiger partial charge in [0.15, 0.2) is 0 Å². The summed E-state index contributed by atoms with van der Waals surface area (Å²) in [5, 5.41) is 3.38. The Hall–Kier alpha value is -0.570. The molecule has 0 amide bonds. The van der Waals surface area contributed by atoms with Crippen molar-refractivity contribution in [1.29, 1.82) is 0 Å². The van der Waals surface area contributed by atoms with E-state index < -0.39 is 0 Å². The molecule has 0 rings (SSSR count). The zero-order chi connectivity index (χ0) is 11.8. The summed E-state index contributed by atoms with van der Waals surface area (Å²) in [6.45, 7) is 8.43. The molecule has 3 nitrogen and oxygen atoms in total. The second-order valence-electron chi connectivity index (χ2n) is 4.07. The molecular weight excluding hydrogens is 190 g/mol. The summed E-state index contributed by atoms with van der Waals surface area (Å²) in [6, 6.07) is 0.244. The SMILES string of the molecule is CCC(CC)NC(C(=O)OC)C(C)CC. The van der Waals surface area contributed by atoms with Gasteiger partial charge in [0.25, 0.3) is 0 Å².